The van der Waals surface area contributed by atoms with E-state index in [2.05, 4.69) is 4.98 Å². The van der Waals surface area contributed by atoms with Gasteiger partial charge in [0.2, 0.25) is 0 Å². The predicted octanol–water partition coefficient (Wildman–Crippen LogP) is 7.12. The third-order valence-electron chi connectivity index (χ3n) is 6.25. The average molecular weight is 561 g/mol. The van der Waals surface area contributed by atoms with E-state index in [-0.39, 0.29) is 26.9 Å². The summed E-state index contributed by atoms with van der Waals surface area (Å²) in [6, 6.07) is 19.7. The van der Waals surface area contributed by atoms with Crippen molar-refractivity contribution in [2.45, 2.75) is 13.0 Å². The van der Waals surface area contributed by atoms with Gasteiger partial charge in [0.25, 0.3) is 11.7 Å². The first-order valence-electron chi connectivity index (χ1n) is 11.9. The molecule has 3 aromatic carbocycles. The fraction of sp³-hybridized carbons (Fsp3) is 0.100. The SMILES string of the molecule is COc1c(Cl)cc(Cl)cc1/C(O)=C1\C(=O)C(=O)N(c2ccc(Oc3cccc(C)c3)cc2)C1c1cccnc1. The van der Waals surface area contributed by atoms with Crippen LogP contribution in [0.2, 0.25) is 10.0 Å². The zero-order chi connectivity index (χ0) is 27.7. The molecule has 39 heavy (non-hydrogen) atoms. The van der Waals surface area contributed by atoms with Gasteiger partial charge in [-0.05, 0) is 72.6 Å². The van der Waals surface area contributed by atoms with Crippen LogP contribution >= 0.6 is 23.2 Å². The van der Waals surface area contributed by atoms with Gasteiger partial charge >= 0.3 is 0 Å². The van der Waals surface area contributed by atoms with Gasteiger partial charge in [0, 0.05) is 23.1 Å². The molecule has 0 bridgehead atoms. The fourth-order valence-corrected chi connectivity index (χ4v) is 5.10. The molecule has 1 aliphatic heterocycles. The Morgan fingerprint density at radius 3 is 2.41 bits per heavy atom. The molecule has 1 N–H and O–H groups in total. The molecule has 1 aromatic heterocycles. The van der Waals surface area contributed by atoms with Crippen molar-refractivity contribution in [3.63, 3.8) is 0 Å². The summed E-state index contributed by atoms with van der Waals surface area (Å²) in [6.07, 6.45) is 3.11. The number of carbonyl (C=O) groups is 2. The van der Waals surface area contributed by atoms with Crippen LogP contribution in [0.4, 0.5) is 5.69 Å². The van der Waals surface area contributed by atoms with Crippen LogP contribution in [0.1, 0.15) is 22.7 Å². The van der Waals surface area contributed by atoms with Crippen molar-refractivity contribution in [2.24, 2.45) is 0 Å². The number of aromatic nitrogens is 1. The molecule has 0 radical (unpaired) electrons. The largest absolute Gasteiger partial charge is 0.507 e. The second kappa shape index (κ2) is 10.8. The minimum atomic E-state index is -0.982. The number of halogens is 2. The minimum absolute atomic E-state index is 0.0868. The first-order chi connectivity index (χ1) is 18.8. The number of rotatable bonds is 6. The number of carbonyl (C=O) groups excluding carboxylic acids is 2. The van der Waals surface area contributed by atoms with Gasteiger partial charge in [0.05, 0.1) is 29.3 Å². The van der Waals surface area contributed by atoms with E-state index in [9.17, 15) is 14.7 Å². The summed E-state index contributed by atoms with van der Waals surface area (Å²) < 4.78 is 11.3. The predicted molar refractivity (Wildman–Crippen MR) is 150 cm³/mol. The van der Waals surface area contributed by atoms with Crippen LogP contribution in [0.3, 0.4) is 0 Å². The number of ether oxygens (including phenoxy) is 2. The molecule has 9 heteroatoms. The molecule has 1 saturated heterocycles. The Balaban J connectivity index is 1.61. The maximum absolute atomic E-state index is 13.4. The minimum Gasteiger partial charge on any atom is -0.507 e. The molecule has 0 aliphatic carbocycles. The zero-order valence-corrected chi connectivity index (χ0v) is 22.4. The van der Waals surface area contributed by atoms with Gasteiger partial charge in [0.1, 0.15) is 23.0 Å². The lowest BCUT2D eigenvalue weighted by Gasteiger charge is -2.25. The van der Waals surface area contributed by atoms with Gasteiger partial charge in [-0.25, -0.2) is 0 Å². The van der Waals surface area contributed by atoms with Crippen LogP contribution in [0, 0.1) is 6.92 Å². The van der Waals surface area contributed by atoms with E-state index in [4.69, 9.17) is 32.7 Å². The van der Waals surface area contributed by atoms with Crippen molar-refractivity contribution in [1.29, 1.82) is 0 Å². The Bertz CT molecular complexity index is 1600. The van der Waals surface area contributed by atoms with E-state index >= 15 is 0 Å². The summed E-state index contributed by atoms with van der Waals surface area (Å²) in [4.78, 5) is 32.4. The fourth-order valence-electron chi connectivity index (χ4n) is 4.53. The lowest BCUT2D eigenvalue weighted by atomic mass is 9.95. The summed E-state index contributed by atoms with van der Waals surface area (Å²) in [5, 5.41) is 11.8. The maximum atomic E-state index is 13.4. The van der Waals surface area contributed by atoms with Gasteiger partial charge in [-0.3, -0.25) is 19.5 Å². The van der Waals surface area contributed by atoms with Crippen LogP contribution in [-0.2, 0) is 9.59 Å². The Morgan fingerprint density at radius 1 is 0.974 bits per heavy atom. The maximum Gasteiger partial charge on any atom is 0.300 e. The van der Waals surface area contributed by atoms with Crippen LogP contribution in [-0.4, -0.2) is 28.9 Å². The van der Waals surface area contributed by atoms with Crippen molar-refractivity contribution in [3.05, 3.63) is 117 Å². The molecule has 1 atom stereocenters. The Kier molecular flexibility index (Phi) is 7.28. The average Bonchev–Trinajstić information content (AvgIpc) is 3.19. The van der Waals surface area contributed by atoms with Crippen molar-refractivity contribution >= 4 is 46.3 Å². The Morgan fingerprint density at radius 2 is 1.74 bits per heavy atom. The molecule has 1 aliphatic rings. The lowest BCUT2D eigenvalue weighted by molar-refractivity contribution is -0.132. The molecule has 0 spiro atoms. The first-order valence-corrected chi connectivity index (χ1v) is 12.6. The number of hydrogen-bond acceptors (Lipinski definition) is 6. The zero-order valence-electron chi connectivity index (χ0n) is 20.9. The first kappa shape index (κ1) is 26.3. The highest BCUT2D eigenvalue weighted by Crippen LogP contribution is 2.45. The number of hydrogen-bond donors (Lipinski definition) is 1. The van der Waals surface area contributed by atoms with Crippen LogP contribution in [0.5, 0.6) is 17.2 Å². The smallest absolute Gasteiger partial charge is 0.300 e. The number of methoxy groups -OCH3 is 1. The number of aryl methyl sites for hydroxylation is 1. The highest BCUT2D eigenvalue weighted by molar-refractivity contribution is 6.51. The molecule has 7 nitrogen and oxygen atoms in total. The number of pyridine rings is 1. The van der Waals surface area contributed by atoms with Gasteiger partial charge in [-0.1, -0.05) is 41.4 Å². The third-order valence-corrected chi connectivity index (χ3v) is 6.75. The summed E-state index contributed by atoms with van der Waals surface area (Å²) in [6.45, 7) is 1.97. The number of Topliss-reactive ketones (excluding diaryl/α,β-unsaturated/α-hetero) is 1. The van der Waals surface area contributed by atoms with E-state index in [0.29, 0.717) is 22.7 Å². The number of amides is 1. The molecule has 0 saturated carbocycles. The number of aliphatic hydroxyl groups excluding tert-OH is 1. The number of benzene rings is 3. The molecule has 1 fully saturated rings. The van der Waals surface area contributed by atoms with Gasteiger partial charge < -0.3 is 14.6 Å². The van der Waals surface area contributed by atoms with E-state index in [1.165, 1.54) is 30.3 Å². The highest BCUT2D eigenvalue weighted by atomic mass is 35.5. The lowest BCUT2D eigenvalue weighted by Crippen LogP contribution is -2.29. The van der Waals surface area contributed by atoms with E-state index in [0.717, 1.165) is 5.56 Å². The van der Waals surface area contributed by atoms with Crippen molar-refractivity contribution in [1.82, 2.24) is 4.98 Å². The molecular formula is C30H22Cl2N2O5. The molecular weight excluding hydrogens is 539 g/mol. The van der Waals surface area contributed by atoms with Gasteiger partial charge in [-0.2, -0.15) is 0 Å². The molecule has 4 aromatic rings. The topological polar surface area (TPSA) is 89.0 Å². The second-order valence-electron chi connectivity index (χ2n) is 8.84. The number of ketones is 1. The highest BCUT2D eigenvalue weighted by Gasteiger charge is 2.47. The van der Waals surface area contributed by atoms with Gasteiger partial charge in [-0.15, -0.1) is 0 Å². The molecule has 196 valence electrons. The Hall–Kier alpha value is -4.33. The number of anilines is 1. The van der Waals surface area contributed by atoms with Crippen molar-refractivity contribution in [2.75, 3.05) is 12.0 Å². The van der Waals surface area contributed by atoms with Crippen LogP contribution in [0.25, 0.3) is 5.76 Å². The summed E-state index contributed by atoms with van der Waals surface area (Å²) in [7, 11) is 1.38. The quantitative estimate of drug-likeness (QED) is 0.153. The van der Waals surface area contributed by atoms with Gasteiger partial charge in [0.15, 0.2) is 0 Å². The van der Waals surface area contributed by atoms with E-state index < -0.39 is 23.5 Å². The summed E-state index contributed by atoms with van der Waals surface area (Å²) >= 11 is 12.5. The second-order valence-corrected chi connectivity index (χ2v) is 9.68. The van der Waals surface area contributed by atoms with Crippen molar-refractivity contribution < 1.29 is 24.2 Å². The van der Waals surface area contributed by atoms with Crippen molar-refractivity contribution in [3.8, 4) is 17.2 Å². The molecule has 1 amide bonds. The van der Waals surface area contributed by atoms with Crippen LogP contribution in [0.15, 0.2) is 90.8 Å². The third kappa shape index (κ3) is 5.06. The molecule has 1 unspecified atom stereocenters. The molecule has 5 rings (SSSR count). The number of aliphatic hydroxyl groups is 1. The number of nitrogens with zero attached hydrogens (tertiary/aromatic N) is 2. The van der Waals surface area contributed by atoms with E-state index in [1.54, 1.807) is 42.6 Å². The summed E-state index contributed by atoms with van der Waals surface area (Å²) in [5.41, 5.74) is 1.94. The van der Waals surface area contributed by atoms with E-state index in [1.807, 2.05) is 31.2 Å². The monoisotopic (exact) mass is 560 g/mol. The Labute approximate surface area is 234 Å². The van der Waals surface area contributed by atoms with Crippen LogP contribution < -0.4 is 14.4 Å². The summed E-state index contributed by atoms with van der Waals surface area (Å²) in [5.74, 6) is -0.813. The standard InChI is InChI=1S/C30H22Cl2N2O5/c1-17-5-3-7-22(13-17)39-21-10-8-20(9-11-21)34-26(18-6-4-12-33-16-18)25(28(36)30(34)37)27(35)23-14-19(31)15-24(32)29(23)38-2/h3-16,26,35H,1-2H3/b27-25+. The normalized spacial score (nSPS) is 16.4. The molecule has 2 heterocycles.